The number of fused-ring (bicyclic) bond motifs is 1. The van der Waals surface area contributed by atoms with Crippen molar-refractivity contribution in [2.24, 2.45) is 12.5 Å². The van der Waals surface area contributed by atoms with E-state index in [4.69, 9.17) is 0 Å². The van der Waals surface area contributed by atoms with E-state index in [-0.39, 0.29) is 16.9 Å². The molecule has 1 aromatic heterocycles. The minimum Gasteiger partial charge on any atom is -0.396 e. The van der Waals surface area contributed by atoms with Crippen molar-refractivity contribution in [1.82, 2.24) is 9.47 Å². The largest absolute Gasteiger partial charge is 0.396 e. The van der Waals surface area contributed by atoms with E-state index in [2.05, 4.69) is 24.0 Å². The lowest BCUT2D eigenvalue weighted by molar-refractivity contribution is 0.0557. The van der Waals surface area contributed by atoms with Gasteiger partial charge in [-0.05, 0) is 49.0 Å². The average molecular weight is 306 g/mol. The average Bonchev–Trinajstić information content (AvgIpc) is 2.76. The van der Waals surface area contributed by atoms with Crippen molar-refractivity contribution in [3.63, 3.8) is 0 Å². The van der Waals surface area contributed by atoms with Gasteiger partial charge in [0.15, 0.2) is 0 Å². The molecule has 0 spiro atoms. The highest BCUT2D eigenvalue weighted by Gasteiger charge is 2.29. The number of aryl methyl sites for hydroxylation is 1. The number of piperidine rings is 1. The molecule has 2 heterocycles. The zero-order valence-corrected chi connectivity index (χ0v) is 13.4. The fourth-order valence-corrected chi connectivity index (χ4v) is 3.89. The predicted octanol–water partition coefficient (Wildman–Crippen LogP) is 2.19. The fraction of sp³-hybridized carbons (Fsp3) is 0.562. The molecular formula is C16H22N2O2S. The number of thiazole rings is 1. The van der Waals surface area contributed by atoms with Crippen LogP contribution in [0.25, 0.3) is 10.2 Å². The van der Waals surface area contributed by atoms with Crippen LogP contribution in [0.3, 0.4) is 0 Å². The van der Waals surface area contributed by atoms with Crippen LogP contribution in [0.1, 0.15) is 25.3 Å². The van der Waals surface area contributed by atoms with E-state index in [0.717, 1.165) is 42.7 Å². The minimum atomic E-state index is 0.0961. The van der Waals surface area contributed by atoms with Gasteiger partial charge in [0.25, 0.3) is 0 Å². The lowest BCUT2D eigenvalue weighted by Crippen LogP contribution is -2.39. The maximum Gasteiger partial charge on any atom is 0.307 e. The summed E-state index contributed by atoms with van der Waals surface area (Å²) in [7, 11) is 1.82. The molecule has 1 saturated heterocycles. The third kappa shape index (κ3) is 2.91. The Balaban J connectivity index is 1.73. The lowest BCUT2D eigenvalue weighted by Gasteiger charge is -2.38. The van der Waals surface area contributed by atoms with Crippen LogP contribution in [0.15, 0.2) is 23.0 Å². The van der Waals surface area contributed by atoms with Gasteiger partial charge < -0.3 is 9.67 Å². The molecule has 1 aliphatic rings. The number of benzene rings is 1. The standard InChI is InChI=1S/C16H22N2O2S/c1-16(11-19)5-7-18(8-6-16)10-12-3-4-13-14(9-12)21-15(20)17(13)2/h3-4,9,19H,5-8,10-11H2,1-2H3. The zero-order chi connectivity index (χ0) is 15.0. The molecule has 3 rings (SSSR count). The Morgan fingerprint density at radius 3 is 2.71 bits per heavy atom. The molecule has 0 amide bonds. The molecule has 5 heteroatoms. The van der Waals surface area contributed by atoms with Gasteiger partial charge in [-0.3, -0.25) is 9.69 Å². The third-order valence-corrected chi connectivity index (χ3v) is 5.70. The first-order chi connectivity index (χ1) is 10.0. The number of likely N-dealkylation sites (tertiary alicyclic amines) is 1. The van der Waals surface area contributed by atoms with Crippen LogP contribution in [0.2, 0.25) is 0 Å². The van der Waals surface area contributed by atoms with E-state index < -0.39 is 0 Å². The van der Waals surface area contributed by atoms with Gasteiger partial charge >= 0.3 is 4.87 Å². The molecule has 0 aliphatic carbocycles. The number of aromatic nitrogens is 1. The Hall–Kier alpha value is -1.17. The SMILES string of the molecule is Cn1c(=O)sc2cc(CN3CCC(C)(CO)CC3)ccc21. The third-order valence-electron chi connectivity index (χ3n) is 4.71. The van der Waals surface area contributed by atoms with Crippen molar-refractivity contribution in [3.8, 4) is 0 Å². The van der Waals surface area contributed by atoms with Gasteiger partial charge in [-0.1, -0.05) is 24.3 Å². The van der Waals surface area contributed by atoms with E-state index in [9.17, 15) is 9.90 Å². The Kier molecular flexibility index (Phi) is 3.90. The van der Waals surface area contributed by atoms with Crippen LogP contribution < -0.4 is 4.87 Å². The van der Waals surface area contributed by atoms with Crippen molar-refractivity contribution in [2.75, 3.05) is 19.7 Å². The number of hydrogen-bond donors (Lipinski definition) is 1. The van der Waals surface area contributed by atoms with E-state index in [1.54, 1.807) is 4.57 Å². The summed E-state index contributed by atoms with van der Waals surface area (Å²) >= 11 is 1.31. The summed E-state index contributed by atoms with van der Waals surface area (Å²) in [5, 5.41) is 9.42. The fourth-order valence-electron chi connectivity index (χ4n) is 2.94. The van der Waals surface area contributed by atoms with Crippen molar-refractivity contribution in [2.45, 2.75) is 26.3 Å². The number of aliphatic hydroxyl groups is 1. The number of nitrogens with zero attached hydrogens (tertiary/aromatic N) is 2. The molecule has 0 atom stereocenters. The Morgan fingerprint density at radius 2 is 2.05 bits per heavy atom. The van der Waals surface area contributed by atoms with Crippen LogP contribution in [-0.2, 0) is 13.6 Å². The normalized spacial score (nSPS) is 19.2. The Bertz CT molecular complexity index is 696. The summed E-state index contributed by atoms with van der Waals surface area (Å²) < 4.78 is 2.77. The van der Waals surface area contributed by atoms with E-state index in [0.29, 0.717) is 0 Å². The van der Waals surface area contributed by atoms with Crippen molar-refractivity contribution < 1.29 is 5.11 Å². The molecule has 0 unspecified atom stereocenters. The van der Waals surface area contributed by atoms with Crippen molar-refractivity contribution in [3.05, 3.63) is 33.4 Å². The topological polar surface area (TPSA) is 45.5 Å². The van der Waals surface area contributed by atoms with Gasteiger partial charge in [-0.15, -0.1) is 0 Å². The van der Waals surface area contributed by atoms with Gasteiger partial charge in [0.1, 0.15) is 0 Å². The molecule has 114 valence electrons. The smallest absolute Gasteiger partial charge is 0.307 e. The molecule has 4 nitrogen and oxygen atoms in total. The van der Waals surface area contributed by atoms with Gasteiger partial charge in [0, 0.05) is 20.2 Å². The molecule has 1 aliphatic heterocycles. The summed E-state index contributed by atoms with van der Waals surface area (Å²) in [6.45, 7) is 5.43. The van der Waals surface area contributed by atoms with Crippen molar-refractivity contribution in [1.29, 1.82) is 0 Å². The summed E-state index contributed by atoms with van der Waals surface area (Å²) in [6.07, 6.45) is 2.09. The van der Waals surface area contributed by atoms with Gasteiger partial charge in [0.2, 0.25) is 0 Å². The summed E-state index contributed by atoms with van der Waals surface area (Å²) in [6, 6.07) is 6.31. The molecule has 0 saturated carbocycles. The van der Waals surface area contributed by atoms with E-state index in [1.165, 1.54) is 16.9 Å². The van der Waals surface area contributed by atoms with E-state index >= 15 is 0 Å². The second kappa shape index (κ2) is 5.55. The predicted molar refractivity (Wildman–Crippen MR) is 86.8 cm³/mol. The lowest BCUT2D eigenvalue weighted by atomic mass is 9.81. The molecular weight excluding hydrogens is 284 g/mol. The molecule has 0 radical (unpaired) electrons. The summed E-state index contributed by atoms with van der Waals surface area (Å²) in [4.78, 5) is 14.2. The van der Waals surface area contributed by atoms with Crippen molar-refractivity contribution >= 4 is 21.6 Å². The summed E-state index contributed by atoms with van der Waals surface area (Å²) in [5.74, 6) is 0. The minimum absolute atomic E-state index is 0.0961. The quantitative estimate of drug-likeness (QED) is 0.945. The first-order valence-electron chi connectivity index (χ1n) is 7.42. The highest BCUT2D eigenvalue weighted by atomic mass is 32.1. The number of hydrogen-bond acceptors (Lipinski definition) is 4. The monoisotopic (exact) mass is 306 g/mol. The number of aliphatic hydroxyl groups excluding tert-OH is 1. The number of rotatable bonds is 3. The molecule has 21 heavy (non-hydrogen) atoms. The molecule has 2 aromatic rings. The molecule has 1 fully saturated rings. The van der Waals surface area contributed by atoms with Gasteiger partial charge in [-0.2, -0.15) is 0 Å². The van der Waals surface area contributed by atoms with Crippen LogP contribution >= 0.6 is 11.3 Å². The Morgan fingerprint density at radius 1 is 1.33 bits per heavy atom. The maximum atomic E-state index is 11.7. The Labute approximate surface area is 128 Å². The first-order valence-corrected chi connectivity index (χ1v) is 8.24. The van der Waals surface area contributed by atoms with Crippen LogP contribution in [-0.4, -0.2) is 34.3 Å². The molecule has 1 aromatic carbocycles. The van der Waals surface area contributed by atoms with Crippen LogP contribution in [0, 0.1) is 5.41 Å². The van der Waals surface area contributed by atoms with Crippen LogP contribution in [0.4, 0.5) is 0 Å². The van der Waals surface area contributed by atoms with Gasteiger partial charge in [0.05, 0.1) is 10.2 Å². The molecule has 1 N–H and O–H groups in total. The molecule has 0 bridgehead atoms. The highest BCUT2D eigenvalue weighted by molar-refractivity contribution is 7.16. The second-order valence-corrected chi connectivity index (χ2v) is 7.47. The zero-order valence-electron chi connectivity index (χ0n) is 12.6. The van der Waals surface area contributed by atoms with Crippen LogP contribution in [0.5, 0.6) is 0 Å². The van der Waals surface area contributed by atoms with Gasteiger partial charge in [-0.25, -0.2) is 0 Å². The first kappa shape index (κ1) is 14.8. The summed E-state index contributed by atoms with van der Waals surface area (Å²) in [5.41, 5.74) is 2.37. The maximum absolute atomic E-state index is 11.7. The van der Waals surface area contributed by atoms with E-state index in [1.807, 2.05) is 13.1 Å². The highest BCUT2D eigenvalue weighted by Crippen LogP contribution is 2.31. The second-order valence-electron chi connectivity index (χ2n) is 6.47.